The predicted octanol–water partition coefficient (Wildman–Crippen LogP) is 7.59. The topological polar surface area (TPSA) is 193 Å². The highest BCUT2D eigenvalue weighted by molar-refractivity contribution is 7.13. The number of imidazole rings is 1. The number of aliphatic hydroxyl groups is 1. The Morgan fingerprint density at radius 1 is 0.821 bits per heavy atom. The van der Waals surface area contributed by atoms with Crippen LogP contribution in [0.25, 0.3) is 21.5 Å². The van der Waals surface area contributed by atoms with Gasteiger partial charge in [-0.3, -0.25) is 34.3 Å². The molecule has 2 aromatic heterocycles. The van der Waals surface area contributed by atoms with Gasteiger partial charge in [0.25, 0.3) is 11.8 Å². The maximum atomic E-state index is 13.9. The van der Waals surface area contributed by atoms with Crippen molar-refractivity contribution in [2.24, 2.45) is 11.3 Å². The van der Waals surface area contributed by atoms with Crippen LogP contribution in [-0.2, 0) is 47.9 Å². The van der Waals surface area contributed by atoms with Crippen LogP contribution in [0.4, 0.5) is 19.1 Å². The summed E-state index contributed by atoms with van der Waals surface area (Å²) in [6.45, 7) is 14.7. The summed E-state index contributed by atoms with van der Waals surface area (Å²) in [5.41, 5.74) is 5.98. The molecular formula is C57H72F3N9O8S. The van der Waals surface area contributed by atoms with Crippen molar-refractivity contribution in [3.8, 4) is 10.4 Å². The summed E-state index contributed by atoms with van der Waals surface area (Å²) in [6.07, 6.45) is 0.883. The fourth-order valence-corrected chi connectivity index (χ4v) is 11.0. The van der Waals surface area contributed by atoms with E-state index in [0.29, 0.717) is 57.3 Å². The average Bonchev–Trinajstić information content (AvgIpc) is 4.21. The number of alkyl halides is 3. The molecule has 4 N–H and O–H groups in total. The van der Waals surface area contributed by atoms with Crippen molar-refractivity contribution in [2.45, 2.75) is 91.1 Å². The van der Waals surface area contributed by atoms with E-state index in [2.05, 4.69) is 36.8 Å². The fraction of sp³-hybridized carbons (Fsp3) is 0.509. The first kappa shape index (κ1) is 58.1. The lowest BCUT2D eigenvalue weighted by Gasteiger charge is -2.34. The van der Waals surface area contributed by atoms with Gasteiger partial charge in [0.15, 0.2) is 0 Å². The highest BCUT2D eigenvalue weighted by atomic mass is 32.1. The summed E-state index contributed by atoms with van der Waals surface area (Å²) in [4.78, 5) is 70.1. The number of carbonyl (C=O) groups excluding carboxylic acids is 4. The first-order chi connectivity index (χ1) is 37.4. The minimum atomic E-state index is -4.58. The molecule has 4 heterocycles. The van der Waals surface area contributed by atoms with Gasteiger partial charge in [-0.25, -0.2) is 9.97 Å². The van der Waals surface area contributed by atoms with Crippen LogP contribution in [0.3, 0.4) is 0 Å². The zero-order chi connectivity index (χ0) is 55.4. The Bertz CT molecular complexity index is 2870. The number of hydrogen-bond acceptors (Lipinski definition) is 13. The summed E-state index contributed by atoms with van der Waals surface area (Å²) < 4.78 is 59.5. The number of aromatic nitrogens is 3. The van der Waals surface area contributed by atoms with E-state index in [1.165, 1.54) is 17.0 Å². The smallest absolute Gasteiger partial charge is 0.396 e. The Hall–Kier alpha value is -6.07. The third-order valence-electron chi connectivity index (χ3n) is 14.6. The van der Waals surface area contributed by atoms with Crippen molar-refractivity contribution in [1.29, 1.82) is 0 Å². The normalized spacial score (nSPS) is 18.0. The summed E-state index contributed by atoms with van der Waals surface area (Å²) >= 11 is 1.58. The van der Waals surface area contributed by atoms with Gasteiger partial charge in [0, 0.05) is 70.6 Å². The lowest BCUT2D eigenvalue weighted by Crippen LogP contribution is -2.55. The Morgan fingerprint density at radius 3 is 2.19 bits per heavy atom. The van der Waals surface area contributed by atoms with E-state index >= 15 is 0 Å². The first-order valence-corrected chi connectivity index (χ1v) is 27.7. The second-order valence-corrected chi connectivity index (χ2v) is 22.1. The largest absolute Gasteiger partial charge is 0.416 e. The highest BCUT2D eigenvalue weighted by Gasteiger charge is 2.39. The molecule has 2 aliphatic heterocycles. The van der Waals surface area contributed by atoms with Crippen LogP contribution >= 0.6 is 11.3 Å². The monoisotopic (exact) mass is 1100 g/mol. The number of aliphatic hydroxyl groups excluding tert-OH is 1. The number of amides is 4. The van der Waals surface area contributed by atoms with E-state index in [-0.39, 0.29) is 61.5 Å². The van der Waals surface area contributed by atoms with E-state index in [9.17, 15) is 37.5 Å². The molecule has 0 spiro atoms. The number of carbonyl (C=O) groups is 4. The van der Waals surface area contributed by atoms with Gasteiger partial charge in [0.2, 0.25) is 17.8 Å². The average molecular weight is 1100 g/mol. The van der Waals surface area contributed by atoms with Crippen molar-refractivity contribution in [3.63, 3.8) is 0 Å². The Labute approximate surface area is 457 Å². The van der Waals surface area contributed by atoms with Gasteiger partial charge >= 0.3 is 6.18 Å². The number of ether oxygens (including phenoxy) is 3. The second kappa shape index (κ2) is 26.7. The SMILES string of the molecule is Cc1ncsc1-c1ccc(CNC(=O)C2=CCCN2C(=O)[C@@H](NC(=O)COCCOCCOCCN2CCN(Cc3ccc4c(c3)nc(NC(=O)c3cccc(C(F)(F)F)c3)n4[C@H]3CC[C@@H](CO)CC3)CC2)C(C)(C)C)cc1. The van der Waals surface area contributed by atoms with Crippen LogP contribution in [0.1, 0.15) is 91.7 Å². The lowest BCUT2D eigenvalue weighted by atomic mass is 9.85. The Balaban J connectivity index is 0.704. The van der Waals surface area contributed by atoms with Gasteiger partial charge in [-0.15, -0.1) is 11.3 Å². The van der Waals surface area contributed by atoms with E-state index < -0.39 is 35.0 Å². The molecule has 1 saturated heterocycles. The minimum Gasteiger partial charge on any atom is -0.396 e. The molecule has 17 nitrogen and oxygen atoms in total. The lowest BCUT2D eigenvalue weighted by molar-refractivity contribution is -0.140. The maximum Gasteiger partial charge on any atom is 0.416 e. The van der Waals surface area contributed by atoms with E-state index in [4.69, 9.17) is 19.2 Å². The third kappa shape index (κ3) is 15.4. The molecule has 0 unspecified atom stereocenters. The molecule has 21 heteroatoms. The molecule has 8 rings (SSSR count). The minimum absolute atomic E-state index is 0.00499. The Morgan fingerprint density at radius 2 is 1.51 bits per heavy atom. The molecule has 0 radical (unpaired) electrons. The predicted molar refractivity (Wildman–Crippen MR) is 291 cm³/mol. The van der Waals surface area contributed by atoms with Crippen LogP contribution in [0.5, 0.6) is 0 Å². The van der Waals surface area contributed by atoms with Crippen molar-refractivity contribution >= 4 is 51.9 Å². The number of thiazole rings is 1. The zero-order valence-electron chi connectivity index (χ0n) is 44.9. The van der Waals surface area contributed by atoms with E-state index in [1.54, 1.807) is 17.4 Å². The summed E-state index contributed by atoms with van der Waals surface area (Å²) in [6, 6.07) is 17.5. The van der Waals surface area contributed by atoms with Crippen molar-refractivity contribution in [1.82, 2.24) is 39.9 Å². The summed E-state index contributed by atoms with van der Waals surface area (Å²) in [5, 5.41) is 18.4. The Kier molecular flexibility index (Phi) is 19.9. The van der Waals surface area contributed by atoms with Gasteiger partial charge in [-0.05, 0) is 97.4 Å². The van der Waals surface area contributed by atoms with Crippen molar-refractivity contribution in [2.75, 3.05) is 90.8 Å². The quantitative estimate of drug-likeness (QED) is 0.0470. The van der Waals surface area contributed by atoms with Crippen LogP contribution in [0, 0.1) is 18.3 Å². The molecule has 3 aliphatic rings. The van der Waals surface area contributed by atoms with Gasteiger partial charge in [0.1, 0.15) is 18.3 Å². The number of rotatable bonds is 23. The van der Waals surface area contributed by atoms with Crippen molar-refractivity contribution < 1.29 is 51.7 Å². The molecule has 78 heavy (non-hydrogen) atoms. The number of hydrogen-bond donors (Lipinski definition) is 4. The number of piperazine rings is 1. The van der Waals surface area contributed by atoms with Crippen LogP contribution in [0.2, 0.25) is 0 Å². The van der Waals surface area contributed by atoms with Crippen LogP contribution < -0.4 is 16.0 Å². The molecule has 5 aromatic rings. The van der Waals surface area contributed by atoms with Gasteiger partial charge in [0.05, 0.1) is 65.7 Å². The number of fused-ring (bicyclic) bond motifs is 1. The highest BCUT2D eigenvalue weighted by Crippen LogP contribution is 2.38. The van der Waals surface area contributed by atoms with E-state index in [0.717, 1.165) is 103 Å². The van der Waals surface area contributed by atoms with Gasteiger partial charge in [-0.2, -0.15) is 13.2 Å². The van der Waals surface area contributed by atoms with Gasteiger partial charge in [-0.1, -0.05) is 63.2 Å². The third-order valence-corrected chi connectivity index (χ3v) is 15.6. The molecule has 1 saturated carbocycles. The number of halogens is 3. The molecule has 420 valence electrons. The van der Waals surface area contributed by atoms with Gasteiger partial charge < -0.3 is 39.4 Å². The molecule has 4 amide bonds. The molecule has 1 aliphatic carbocycles. The molecule has 1 atom stereocenters. The molecule has 3 aromatic carbocycles. The van der Waals surface area contributed by atoms with E-state index in [1.807, 2.05) is 74.2 Å². The number of nitrogens with zero attached hydrogens (tertiary/aromatic N) is 6. The summed E-state index contributed by atoms with van der Waals surface area (Å²) in [7, 11) is 0. The van der Waals surface area contributed by atoms with Crippen molar-refractivity contribution in [3.05, 3.63) is 112 Å². The molecular weight excluding hydrogens is 1030 g/mol. The van der Waals surface area contributed by atoms with Crippen LogP contribution in [-0.4, -0.2) is 150 Å². The van der Waals surface area contributed by atoms with Crippen LogP contribution in [0.15, 0.2) is 84.0 Å². The fourth-order valence-electron chi connectivity index (χ4n) is 10.2. The standard InChI is InChI=1S/C57H72F3N9O8S/c1-38-50(78-37-62-38)42-15-10-39(11-16-42)33-61-53(73)48-9-6-20-68(48)54(74)51(56(2,3)4)64-49(71)36-77-30-29-76-28-27-75-26-25-66-21-23-67(24-22-66)34-41-14-19-47-46(31-41)63-55(69(47)45-17-12-40(35-70)13-18-45)65-52(72)43-7-5-8-44(32-43)57(58,59)60/h5,7-11,14-16,19,31-32,37,40,45,51,70H,6,12-13,17-18,20-30,33-36H2,1-4H3,(H,61,73)(H,64,71)(H,63,65,72)/t40-,45+,51-/m1/s1. The number of nitrogens with one attached hydrogen (secondary N) is 3. The number of anilines is 1. The molecule has 2 fully saturated rings. The maximum absolute atomic E-state index is 13.9. The summed E-state index contributed by atoms with van der Waals surface area (Å²) in [5.74, 6) is -1.33. The first-order valence-electron chi connectivity index (χ1n) is 26.8. The number of aryl methyl sites for hydroxylation is 1. The molecule has 0 bridgehead atoms. The second-order valence-electron chi connectivity index (χ2n) is 21.3. The number of benzene rings is 3. The zero-order valence-corrected chi connectivity index (χ0v) is 45.7.